The average Bonchev–Trinajstić information content (AvgIpc) is 2.68. The van der Waals surface area contributed by atoms with Crippen LogP contribution in [0.3, 0.4) is 0 Å². The number of nitrogens with one attached hydrogen (secondary N) is 1. The summed E-state index contributed by atoms with van der Waals surface area (Å²) in [7, 11) is -3.17. The van der Waals surface area contributed by atoms with E-state index in [-0.39, 0.29) is 29.4 Å². The van der Waals surface area contributed by atoms with E-state index in [4.69, 9.17) is 0 Å². The summed E-state index contributed by atoms with van der Waals surface area (Å²) in [5.41, 5.74) is 0.840. The van der Waals surface area contributed by atoms with Crippen LogP contribution < -0.4 is 10.2 Å². The predicted molar refractivity (Wildman–Crippen MR) is 104 cm³/mol. The van der Waals surface area contributed by atoms with E-state index in [0.717, 1.165) is 25.1 Å². The van der Waals surface area contributed by atoms with Gasteiger partial charge >= 0.3 is 0 Å². The van der Waals surface area contributed by atoms with Crippen LogP contribution in [0, 0.1) is 11.7 Å². The highest BCUT2D eigenvalue weighted by Crippen LogP contribution is 2.23. The first kappa shape index (κ1) is 20.1. The minimum Gasteiger partial charge on any atom is -0.369 e. The Labute approximate surface area is 160 Å². The maximum Gasteiger partial charge on any atom is 0.223 e. The zero-order valence-electron chi connectivity index (χ0n) is 15.7. The Balaban J connectivity index is 1.52. The van der Waals surface area contributed by atoms with Crippen molar-refractivity contribution < 1.29 is 17.6 Å². The van der Waals surface area contributed by atoms with Crippen molar-refractivity contribution in [2.24, 2.45) is 5.92 Å². The minimum atomic E-state index is -3.17. The number of carbonyl (C=O) groups excluding carboxylic acids is 1. The van der Waals surface area contributed by atoms with Crippen molar-refractivity contribution in [1.82, 2.24) is 9.62 Å². The van der Waals surface area contributed by atoms with Gasteiger partial charge in [0.1, 0.15) is 5.82 Å². The highest BCUT2D eigenvalue weighted by Gasteiger charge is 2.31. The predicted octanol–water partition coefficient (Wildman–Crippen LogP) is 1.97. The molecule has 0 saturated carbocycles. The molecule has 27 heavy (non-hydrogen) atoms. The topological polar surface area (TPSA) is 69.7 Å². The number of sulfonamides is 1. The van der Waals surface area contributed by atoms with E-state index < -0.39 is 10.0 Å². The number of nitrogens with zero attached hydrogens (tertiary/aromatic N) is 2. The molecule has 0 bridgehead atoms. The number of amides is 1. The largest absolute Gasteiger partial charge is 0.369 e. The lowest BCUT2D eigenvalue weighted by Crippen LogP contribution is -2.51. The molecule has 1 aromatic carbocycles. The van der Waals surface area contributed by atoms with E-state index in [1.165, 1.54) is 16.4 Å². The lowest BCUT2D eigenvalue weighted by Gasteiger charge is -2.36. The van der Waals surface area contributed by atoms with Gasteiger partial charge in [0.25, 0.3) is 0 Å². The summed E-state index contributed by atoms with van der Waals surface area (Å²) < 4.78 is 38.8. The van der Waals surface area contributed by atoms with Crippen molar-refractivity contribution in [3.05, 3.63) is 30.1 Å². The summed E-state index contributed by atoms with van der Waals surface area (Å²) in [5, 5.41) is 3.13. The van der Waals surface area contributed by atoms with Crippen molar-refractivity contribution in [3.8, 4) is 0 Å². The number of benzene rings is 1. The number of anilines is 1. The Hall–Kier alpha value is -1.67. The lowest BCUT2D eigenvalue weighted by molar-refractivity contribution is -0.126. The van der Waals surface area contributed by atoms with Gasteiger partial charge in [-0.2, -0.15) is 0 Å². The molecule has 1 amide bonds. The Kier molecular flexibility index (Phi) is 6.37. The molecular formula is C19H28FN3O3S. The third kappa shape index (κ3) is 4.99. The van der Waals surface area contributed by atoms with Gasteiger partial charge in [0.05, 0.1) is 5.75 Å². The Bertz CT molecular complexity index is 763. The van der Waals surface area contributed by atoms with Crippen molar-refractivity contribution in [3.63, 3.8) is 0 Å². The molecule has 1 unspecified atom stereocenters. The quantitative estimate of drug-likeness (QED) is 0.825. The van der Waals surface area contributed by atoms with E-state index in [1.807, 2.05) is 6.07 Å². The summed E-state index contributed by atoms with van der Waals surface area (Å²) in [6.45, 7) is 3.98. The van der Waals surface area contributed by atoms with E-state index in [0.29, 0.717) is 32.5 Å². The van der Waals surface area contributed by atoms with Crippen LogP contribution in [0.2, 0.25) is 0 Å². The molecule has 8 heteroatoms. The maximum absolute atomic E-state index is 13.5. The summed E-state index contributed by atoms with van der Waals surface area (Å²) in [4.78, 5) is 14.7. The van der Waals surface area contributed by atoms with Gasteiger partial charge in [-0.05, 0) is 50.8 Å². The van der Waals surface area contributed by atoms with E-state index in [2.05, 4.69) is 10.2 Å². The van der Waals surface area contributed by atoms with Gasteiger partial charge in [0, 0.05) is 43.8 Å². The van der Waals surface area contributed by atoms with Crippen molar-refractivity contribution >= 4 is 21.6 Å². The second-order valence-corrected chi connectivity index (χ2v) is 9.61. The number of hydrogen-bond donors (Lipinski definition) is 1. The van der Waals surface area contributed by atoms with E-state index in [1.54, 1.807) is 13.0 Å². The fourth-order valence-corrected chi connectivity index (χ4v) is 5.03. The third-order valence-corrected chi connectivity index (χ3v) is 7.41. The van der Waals surface area contributed by atoms with Crippen LogP contribution in [0.1, 0.15) is 32.6 Å². The average molecular weight is 398 g/mol. The smallest absolute Gasteiger partial charge is 0.223 e. The normalized spacial score (nSPS) is 22.6. The van der Waals surface area contributed by atoms with Crippen LogP contribution in [0.25, 0.3) is 0 Å². The SMILES string of the molecule is CCS(=O)(=O)N1CCC(C(=O)NC2CCCN(c3cccc(F)c3)C2)CC1. The number of halogens is 1. The van der Waals surface area contributed by atoms with Gasteiger partial charge in [0.2, 0.25) is 15.9 Å². The molecule has 1 N–H and O–H groups in total. The zero-order valence-corrected chi connectivity index (χ0v) is 16.5. The number of hydrogen-bond acceptors (Lipinski definition) is 4. The van der Waals surface area contributed by atoms with Crippen LogP contribution >= 0.6 is 0 Å². The summed E-state index contributed by atoms with van der Waals surface area (Å²) in [6, 6.07) is 6.57. The molecule has 0 spiro atoms. The zero-order chi connectivity index (χ0) is 19.4. The highest BCUT2D eigenvalue weighted by atomic mass is 32.2. The molecule has 2 aliphatic rings. The first-order valence-corrected chi connectivity index (χ1v) is 11.3. The lowest BCUT2D eigenvalue weighted by atomic mass is 9.96. The molecular weight excluding hydrogens is 369 g/mol. The maximum atomic E-state index is 13.5. The number of rotatable bonds is 5. The van der Waals surface area contributed by atoms with Gasteiger partial charge in [-0.25, -0.2) is 17.1 Å². The van der Waals surface area contributed by atoms with Crippen molar-refractivity contribution in [1.29, 1.82) is 0 Å². The Morgan fingerprint density at radius 3 is 2.63 bits per heavy atom. The molecule has 2 fully saturated rings. The van der Waals surface area contributed by atoms with Crippen molar-refractivity contribution in [2.45, 2.75) is 38.6 Å². The van der Waals surface area contributed by atoms with E-state index in [9.17, 15) is 17.6 Å². The Morgan fingerprint density at radius 2 is 1.96 bits per heavy atom. The summed E-state index contributed by atoms with van der Waals surface area (Å²) >= 11 is 0. The molecule has 150 valence electrons. The molecule has 3 rings (SSSR count). The highest BCUT2D eigenvalue weighted by molar-refractivity contribution is 7.89. The summed E-state index contributed by atoms with van der Waals surface area (Å²) in [6.07, 6.45) is 2.96. The van der Waals surface area contributed by atoms with Crippen LogP contribution in [0.5, 0.6) is 0 Å². The first-order chi connectivity index (χ1) is 12.9. The standard InChI is InChI=1S/C19H28FN3O3S/c1-2-27(25,26)23-11-8-15(9-12-23)19(24)21-17-6-4-10-22(14-17)18-7-3-5-16(20)13-18/h3,5,7,13,15,17H,2,4,6,8-12,14H2,1H3,(H,21,24). The first-order valence-electron chi connectivity index (χ1n) is 9.68. The monoisotopic (exact) mass is 397 g/mol. The van der Waals surface area contributed by atoms with Crippen molar-refractivity contribution in [2.75, 3.05) is 36.8 Å². The van der Waals surface area contributed by atoms with Gasteiger partial charge < -0.3 is 10.2 Å². The third-order valence-electron chi connectivity index (χ3n) is 5.52. The molecule has 0 aliphatic carbocycles. The van der Waals surface area contributed by atoms with Gasteiger partial charge in [-0.3, -0.25) is 4.79 Å². The fourth-order valence-electron chi connectivity index (χ4n) is 3.90. The fraction of sp³-hybridized carbons (Fsp3) is 0.632. The molecule has 6 nitrogen and oxygen atoms in total. The molecule has 2 heterocycles. The van der Waals surface area contributed by atoms with Gasteiger partial charge in [0.15, 0.2) is 0 Å². The molecule has 0 aromatic heterocycles. The van der Waals surface area contributed by atoms with Crippen LogP contribution in [-0.2, 0) is 14.8 Å². The second-order valence-electron chi connectivity index (χ2n) is 7.35. The van der Waals surface area contributed by atoms with Crippen LogP contribution in [0.4, 0.5) is 10.1 Å². The van der Waals surface area contributed by atoms with Gasteiger partial charge in [-0.15, -0.1) is 0 Å². The second kappa shape index (κ2) is 8.56. The molecule has 1 aromatic rings. The van der Waals surface area contributed by atoms with Crippen LogP contribution in [-0.4, -0.2) is 56.6 Å². The van der Waals surface area contributed by atoms with Crippen LogP contribution in [0.15, 0.2) is 24.3 Å². The molecule has 2 saturated heterocycles. The van der Waals surface area contributed by atoms with E-state index >= 15 is 0 Å². The summed E-state index contributed by atoms with van der Waals surface area (Å²) in [5.74, 6) is -0.290. The van der Waals surface area contributed by atoms with Gasteiger partial charge in [-0.1, -0.05) is 6.07 Å². The molecule has 2 aliphatic heterocycles. The molecule has 1 atom stereocenters. The minimum absolute atomic E-state index is 0.00892. The number of piperidine rings is 2. The number of carbonyl (C=O) groups is 1. The Morgan fingerprint density at radius 1 is 1.22 bits per heavy atom. The molecule has 0 radical (unpaired) electrons.